The molecule has 0 rings (SSSR count). The predicted octanol–water partition coefficient (Wildman–Crippen LogP) is 1.85. The zero-order valence-electron chi connectivity index (χ0n) is 12.7. The standard InChI is InChI=1S/C14H24O6/c1-5-11(15)18-8-14(4,9-19-12(16)6-2)10-20-13(17)7-3/h5-10H2,1-4H3. The van der Waals surface area contributed by atoms with E-state index in [-0.39, 0.29) is 57.0 Å². The van der Waals surface area contributed by atoms with Gasteiger partial charge in [0.1, 0.15) is 19.8 Å². The third kappa shape index (κ3) is 7.76. The lowest BCUT2D eigenvalue weighted by atomic mass is 9.94. The van der Waals surface area contributed by atoms with Crippen LogP contribution in [-0.2, 0) is 28.6 Å². The molecule has 6 heteroatoms. The van der Waals surface area contributed by atoms with Gasteiger partial charge >= 0.3 is 17.9 Å². The normalized spacial score (nSPS) is 10.8. The molecule has 0 atom stereocenters. The van der Waals surface area contributed by atoms with Gasteiger partial charge in [0.2, 0.25) is 0 Å². The van der Waals surface area contributed by atoms with Crippen LogP contribution >= 0.6 is 0 Å². The van der Waals surface area contributed by atoms with E-state index in [0.29, 0.717) is 0 Å². The Kier molecular flexibility index (Phi) is 8.59. The lowest BCUT2D eigenvalue weighted by Gasteiger charge is -2.27. The highest BCUT2D eigenvalue weighted by Crippen LogP contribution is 2.19. The lowest BCUT2D eigenvalue weighted by Crippen LogP contribution is -2.36. The maximum Gasteiger partial charge on any atom is 0.305 e. The summed E-state index contributed by atoms with van der Waals surface area (Å²) in [7, 11) is 0. The van der Waals surface area contributed by atoms with Crippen LogP contribution in [0, 0.1) is 5.41 Å². The highest BCUT2D eigenvalue weighted by atomic mass is 16.6. The van der Waals surface area contributed by atoms with E-state index < -0.39 is 5.41 Å². The fourth-order valence-electron chi connectivity index (χ4n) is 1.20. The van der Waals surface area contributed by atoms with E-state index in [1.54, 1.807) is 27.7 Å². The van der Waals surface area contributed by atoms with Crippen molar-refractivity contribution in [3.63, 3.8) is 0 Å². The number of carbonyl (C=O) groups is 3. The smallest absolute Gasteiger partial charge is 0.305 e. The van der Waals surface area contributed by atoms with Crippen LogP contribution in [0.3, 0.4) is 0 Å². The van der Waals surface area contributed by atoms with Crippen molar-refractivity contribution in [2.75, 3.05) is 19.8 Å². The lowest BCUT2D eigenvalue weighted by molar-refractivity contribution is -0.160. The predicted molar refractivity (Wildman–Crippen MR) is 71.9 cm³/mol. The topological polar surface area (TPSA) is 78.9 Å². The molecule has 0 saturated carbocycles. The van der Waals surface area contributed by atoms with Gasteiger partial charge in [0, 0.05) is 19.3 Å². The fourth-order valence-corrected chi connectivity index (χ4v) is 1.20. The van der Waals surface area contributed by atoms with Crippen molar-refractivity contribution < 1.29 is 28.6 Å². The minimum absolute atomic E-state index is 0.0354. The summed E-state index contributed by atoms with van der Waals surface area (Å²) < 4.78 is 15.2. The maximum atomic E-state index is 11.2. The molecule has 0 aliphatic carbocycles. The average molecular weight is 288 g/mol. The Hall–Kier alpha value is -1.59. The molecule has 0 saturated heterocycles. The van der Waals surface area contributed by atoms with Crippen LogP contribution in [0.25, 0.3) is 0 Å². The molecule has 0 aliphatic heterocycles. The molecule has 0 aromatic heterocycles. The van der Waals surface area contributed by atoms with Crippen LogP contribution in [0.1, 0.15) is 47.0 Å². The van der Waals surface area contributed by atoms with Gasteiger partial charge in [-0.15, -0.1) is 0 Å². The van der Waals surface area contributed by atoms with Crippen molar-refractivity contribution in [1.82, 2.24) is 0 Å². The summed E-state index contributed by atoms with van der Waals surface area (Å²) >= 11 is 0. The van der Waals surface area contributed by atoms with Gasteiger partial charge in [0.25, 0.3) is 0 Å². The van der Waals surface area contributed by atoms with Crippen molar-refractivity contribution in [3.8, 4) is 0 Å². The Bertz CT molecular complexity index is 286. The summed E-state index contributed by atoms with van der Waals surface area (Å²) in [6, 6.07) is 0. The molecule has 0 fully saturated rings. The first kappa shape index (κ1) is 18.4. The average Bonchev–Trinajstić information content (AvgIpc) is 2.47. The van der Waals surface area contributed by atoms with E-state index in [0.717, 1.165) is 0 Å². The largest absolute Gasteiger partial charge is 0.465 e. The van der Waals surface area contributed by atoms with E-state index in [4.69, 9.17) is 14.2 Å². The third-order valence-electron chi connectivity index (χ3n) is 2.61. The highest BCUT2D eigenvalue weighted by Gasteiger charge is 2.30. The molecule has 0 radical (unpaired) electrons. The van der Waals surface area contributed by atoms with Crippen molar-refractivity contribution in [3.05, 3.63) is 0 Å². The molecule has 6 nitrogen and oxygen atoms in total. The van der Waals surface area contributed by atoms with Crippen molar-refractivity contribution >= 4 is 17.9 Å². The van der Waals surface area contributed by atoms with Gasteiger partial charge in [-0.2, -0.15) is 0 Å². The number of rotatable bonds is 9. The third-order valence-corrected chi connectivity index (χ3v) is 2.61. The van der Waals surface area contributed by atoms with E-state index >= 15 is 0 Å². The van der Waals surface area contributed by atoms with Crippen molar-refractivity contribution in [1.29, 1.82) is 0 Å². The SMILES string of the molecule is CCC(=O)OCC(C)(COC(=O)CC)COC(=O)CC. The summed E-state index contributed by atoms with van der Waals surface area (Å²) in [5, 5.41) is 0. The zero-order valence-corrected chi connectivity index (χ0v) is 12.7. The van der Waals surface area contributed by atoms with E-state index in [1.165, 1.54) is 0 Å². The van der Waals surface area contributed by atoms with Crippen LogP contribution < -0.4 is 0 Å². The summed E-state index contributed by atoms with van der Waals surface area (Å²) in [5.74, 6) is -1.04. The van der Waals surface area contributed by atoms with Gasteiger partial charge in [-0.05, 0) is 6.92 Å². The molecule has 0 bridgehead atoms. The van der Waals surface area contributed by atoms with Gasteiger partial charge in [-0.1, -0.05) is 20.8 Å². The quantitative estimate of drug-likeness (QED) is 0.476. The number of hydrogen-bond donors (Lipinski definition) is 0. The van der Waals surface area contributed by atoms with Crippen LogP contribution in [0.2, 0.25) is 0 Å². The minimum Gasteiger partial charge on any atom is -0.465 e. The molecular formula is C14H24O6. The second-order valence-electron chi connectivity index (χ2n) is 4.85. The van der Waals surface area contributed by atoms with E-state index in [1.807, 2.05) is 0 Å². The minimum atomic E-state index is -0.736. The van der Waals surface area contributed by atoms with Gasteiger partial charge in [0.05, 0.1) is 5.41 Å². The molecule has 0 N–H and O–H groups in total. The van der Waals surface area contributed by atoms with Gasteiger partial charge < -0.3 is 14.2 Å². The fraction of sp³-hybridized carbons (Fsp3) is 0.786. The second-order valence-corrected chi connectivity index (χ2v) is 4.85. The van der Waals surface area contributed by atoms with Crippen LogP contribution in [-0.4, -0.2) is 37.7 Å². The molecule has 0 heterocycles. The molecule has 0 aromatic carbocycles. The second kappa shape index (κ2) is 9.34. The van der Waals surface area contributed by atoms with Crippen molar-refractivity contribution in [2.45, 2.75) is 47.0 Å². The molecule has 116 valence electrons. The molecule has 20 heavy (non-hydrogen) atoms. The number of hydrogen-bond acceptors (Lipinski definition) is 6. The molecule has 0 aromatic rings. The first-order valence-electron chi connectivity index (χ1n) is 6.83. The van der Waals surface area contributed by atoms with Crippen LogP contribution in [0.5, 0.6) is 0 Å². The molecule has 0 spiro atoms. The van der Waals surface area contributed by atoms with Crippen molar-refractivity contribution in [2.24, 2.45) is 5.41 Å². The first-order valence-corrected chi connectivity index (χ1v) is 6.83. The monoisotopic (exact) mass is 288 g/mol. The summed E-state index contributed by atoms with van der Waals surface area (Å²) in [5.41, 5.74) is -0.736. The van der Waals surface area contributed by atoms with Crippen LogP contribution in [0.4, 0.5) is 0 Å². The highest BCUT2D eigenvalue weighted by molar-refractivity contribution is 5.70. The summed E-state index contributed by atoms with van der Waals surface area (Å²) in [6.07, 6.45) is 0.790. The Balaban J connectivity index is 4.51. The first-order chi connectivity index (χ1) is 9.36. The maximum absolute atomic E-state index is 11.2. The molecule has 0 amide bonds. The number of ether oxygens (including phenoxy) is 3. The van der Waals surface area contributed by atoms with E-state index in [2.05, 4.69) is 0 Å². The zero-order chi connectivity index (χ0) is 15.6. The summed E-state index contributed by atoms with van der Waals surface area (Å²) in [4.78, 5) is 33.6. The van der Waals surface area contributed by atoms with Gasteiger partial charge in [0.15, 0.2) is 0 Å². The summed E-state index contributed by atoms with van der Waals surface area (Å²) in [6.45, 7) is 6.91. The number of carbonyl (C=O) groups excluding carboxylic acids is 3. The Morgan fingerprint density at radius 3 is 1.15 bits per heavy atom. The molecule has 0 aliphatic rings. The van der Waals surface area contributed by atoms with Crippen LogP contribution in [0.15, 0.2) is 0 Å². The number of esters is 3. The Morgan fingerprint density at radius 2 is 0.950 bits per heavy atom. The van der Waals surface area contributed by atoms with E-state index in [9.17, 15) is 14.4 Å². The van der Waals surface area contributed by atoms with Gasteiger partial charge in [-0.3, -0.25) is 14.4 Å². The Morgan fingerprint density at radius 1 is 0.700 bits per heavy atom. The Labute approximate surface area is 119 Å². The van der Waals surface area contributed by atoms with Gasteiger partial charge in [-0.25, -0.2) is 0 Å². The molecular weight excluding hydrogens is 264 g/mol. The molecule has 0 unspecified atom stereocenters.